The number of carbonyl (C=O) groups excluding carboxylic acids is 2. The molecule has 2 aromatic rings. The maximum Gasteiger partial charge on any atom is 0.410 e. The number of rotatable bonds is 5. The van der Waals surface area contributed by atoms with Crippen LogP contribution >= 0.6 is 11.6 Å². The van der Waals surface area contributed by atoms with Crippen molar-refractivity contribution in [1.29, 1.82) is 0 Å². The topological polar surface area (TPSA) is 112 Å². The summed E-state index contributed by atoms with van der Waals surface area (Å²) in [6.07, 6.45) is 0.379. The van der Waals surface area contributed by atoms with E-state index in [-0.39, 0.29) is 34.1 Å². The van der Waals surface area contributed by atoms with Crippen LogP contribution in [0.15, 0.2) is 24.5 Å². The van der Waals surface area contributed by atoms with Crippen LogP contribution in [0.2, 0.25) is 5.02 Å². The monoisotopic (exact) mass is 522 g/mol. The van der Waals surface area contributed by atoms with Gasteiger partial charge < -0.3 is 29.2 Å². The number of hydrogen-bond donors (Lipinski definition) is 1. The quantitative estimate of drug-likeness (QED) is 0.581. The van der Waals surface area contributed by atoms with Gasteiger partial charge in [-0.3, -0.25) is 0 Å². The van der Waals surface area contributed by atoms with Gasteiger partial charge in [-0.05, 0) is 39.0 Å². The lowest BCUT2D eigenvalue weighted by atomic mass is 9.84. The van der Waals surface area contributed by atoms with E-state index in [1.165, 1.54) is 31.6 Å². The van der Waals surface area contributed by atoms with E-state index < -0.39 is 29.6 Å². The molecule has 1 N–H and O–H groups in total. The average Bonchev–Trinajstić information content (AvgIpc) is 2.80. The second-order valence-corrected chi connectivity index (χ2v) is 10.1. The number of benzene rings is 1. The third kappa shape index (κ3) is 5.79. The molecule has 2 aliphatic heterocycles. The smallest absolute Gasteiger partial charge is 0.410 e. The molecule has 4 rings (SSSR count). The zero-order chi connectivity index (χ0) is 26.0. The lowest BCUT2D eigenvalue weighted by Gasteiger charge is -2.46. The summed E-state index contributed by atoms with van der Waals surface area (Å²) < 4.78 is 37.2. The second-order valence-electron chi connectivity index (χ2n) is 9.68. The first-order chi connectivity index (χ1) is 17.1. The van der Waals surface area contributed by atoms with E-state index in [1.54, 1.807) is 4.90 Å². The number of ether oxygens (including phenoxy) is 4. The molecule has 0 spiro atoms. The lowest BCUT2D eigenvalue weighted by Crippen LogP contribution is -2.59. The number of amides is 1. The molecule has 2 bridgehead atoms. The molecule has 10 nitrogen and oxygen atoms in total. The Morgan fingerprint density at radius 1 is 1.19 bits per heavy atom. The molecule has 2 unspecified atom stereocenters. The molecule has 0 radical (unpaired) electrons. The van der Waals surface area contributed by atoms with E-state index in [4.69, 9.17) is 25.8 Å². The van der Waals surface area contributed by atoms with Crippen molar-refractivity contribution in [1.82, 2.24) is 14.9 Å². The van der Waals surface area contributed by atoms with Crippen molar-refractivity contribution in [3.8, 4) is 5.88 Å². The van der Waals surface area contributed by atoms with Crippen molar-refractivity contribution >= 4 is 35.2 Å². The van der Waals surface area contributed by atoms with Crippen molar-refractivity contribution in [3.63, 3.8) is 0 Å². The van der Waals surface area contributed by atoms with Crippen LogP contribution in [-0.2, 0) is 14.2 Å². The maximum absolute atomic E-state index is 15.3. The predicted molar refractivity (Wildman–Crippen MR) is 128 cm³/mol. The van der Waals surface area contributed by atoms with Crippen molar-refractivity contribution in [2.45, 2.75) is 32.5 Å². The summed E-state index contributed by atoms with van der Waals surface area (Å²) >= 11 is 6.25. The Labute approximate surface area is 213 Å². The molecule has 36 heavy (non-hydrogen) atoms. The molecule has 2 aliphatic rings. The highest BCUT2D eigenvalue weighted by molar-refractivity contribution is 6.33. The number of nitrogens with one attached hydrogen (secondary N) is 1. The third-order valence-electron chi connectivity index (χ3n) is 5.80. The Morgan fingerprint density at radius 2 is 1.89 bits per heavy atom. The Hall–Kier alpha value is -3.18. The molecular formula is C24H28ClFN4O6. The van der Waals surface area contributed by atoms with Crippen LogP contribution in [0.1, 0.15) is 31.1 Å². The van der Waals surface area contributed by atoms with E-state index in [9.17, 15) is 9.59 Å². The minimum atomic E-state index is -0.792. The number of aromatic nitrogens is 2. The molecule has 2 saturated heterocycles. The predicted octanol–water partition coefficient (Wildman–Crippen LogP) is 4.06. The van der Waals surface area contributed by atoms with Gasteiger partial charge in [0.05, 0.1) is 36.6 Å². The van der Waals surface area contributed by atoms with Crippen molar-refractivity contribution in [2.24, 2.45) is 11.8 Å². The maximum atomic E-state index is 15.3. The molecular weight excluding hydrogens is 495 g/mol. The van der Waals surface area contributed by atoms with Crippen LogP contribution < -0.4 is 10.1 Å². The summed E-state index contributed by atoms with van der Waals surface area (Å²) in [6.45, 7) is 6.88. The highest BCUT2D eigenvalue weighted by atomic mass is 35.5. The lowest BCUT2D eigenvalue weighted by molar-refractivity contribution is -0.114. The number of piperidine rings is 1. The van der Waals surface area contributed by atoms with Gasteiger partial charge in [0, 0.05) is 24.9 Å². The zero-order valence-corrected chi connectivity index (χ0v) is 21.2. The van der Waals surface area contributed by atoms with Gasteiger partial charge in [-0.25, -0.2) is 14.6 Å². The average molecular weight is 523 g/mol. The van der Waals surface area contributed by atoms with E-state index in [0.717, 1.165) is 0 Å². The van der Waals surface area contributed by atoms with Crippen LogP contribution in [0.3, 0.4) is 0 Å². The van der Waals surface area contributed by atoms with Crippen molar-refractivity contribution < 1.29 is 32.9 Å². The summed E-state index contributed by atoms with van der Waals surface area (Å²) in [6, 6.07) is 4.42. The molecule has 1 aromatic carbocycles. The Bertz CT molecular complexity index is 1130. The largest absolute Gasteiger partial charge is 0.471 e. The second kappa shape index (κ2) is 10.4. The van der Waals surface area contributed by atoms with Gasteiger partial charge in [-0.15, -0.1) is 0 Å². The molecule has 1 aromatic heterocycles. The zero-order valence-electron chi connectivity index (χ0n) is 20.4. The van der Waals surface area contributed by atoms with Crippen LogP contribution in [-0.4, -0.2) is 72.0 Å². The van der Waals surface area contributed by atoms with Crippen LogP contribution in [0.4, 0.5) is 20.7 Å². The molecule has 0 aliphatic carbocycles. The van der Waals surface area contributed by atoms with Crippen LogP contribution in [0.5, 0.6) is 5.88 Å². The fourth-order valence-electron chi connectivity index (χ4n) is 4.21. The minimum Gasteiger partial charge on any atom is -0.471 e. The van der Waals surface area contributed by atoms with Gasteiger partial charge in [-0.1, -0.05) is 11.6 Å². The SMILES string of the molecule is COC(=O)c1ccc(Nc2ncnc(OC3C4COCC3CN(C(=O)OC(C)(C)C)C4)c2F)c(Cl)c1. The standard InChI is InChI=1S/C24H28ClFN4O6/c1-24(2,3)36-23(32)30-8-14-10-34-11-15(9-30)19(14)35-21-18(26)20(27-12-28-21)29-17-6-5-13(7-16(17)25)22(31)33-4/h5-7,12,14-15,19H,8-11H2,1-4H3,(H,27,28,29). The van der Waals surface area contributed by atoms with E-state index >= 15 is 4.39 Å². The van der Waals surface area contributed by atoms with Gasteiger partial charge in [-0.2, -0.15) is 9.37 Å². The molecule has 3 heterocycles. The number of methoxy groups -OCH3 is 1. The molecule has 0 saturated carbocycles. The first kappa shape index (κ1) is 25.9. The van der Waals surface area contributed by atoms with Gasteiger partial charge >= 0.3 is 12.1 Å². The molecule has 12 heteroatoms. The highest BCUT2D eigenvalue weighted by Crippen LogP contribution is 2.34. The Morgan fingerprint density at radius 3 is 2.50 bits per heavy atom. The summed E-state index contributed by atoms with van der Waals surface area (Å²) in [4.78, 5) is 33.9. The van der Waals surface area contributed by atoms with E-state index in [0.29, 0.717) is 32.0 Å². The fourth-order valence-corrected chi connectivity index (χ4v) is 4.44. The van der Waals surface area contributed by atoms with Gasteiger partial charge in [0.25, 0.3) is 5.88 Å². The summed E-state index contributed by atoms with van der Waals surface area (Å²) in [5, 5.41) is 2.99. The number of halogens is 2. The first-order valence-corrected chi connectivity index (χ1v) is 11.8. The van der Waals surface area contributed by atoms with Crippen LogP contribution in [0.25, 0.3) is 0 Å². The number of nitrogens with zero attached hydrogens (tertiary/aromatic N) is 3. The van der Waals surface area contributed by atoms with Crippen LogP contribution in [0, 0.1) is 17.7 Å². The number of hydrogen-bond acceptors (Lipinski definition) is 9. The number of anilines is 2. The Kier molecular flexibility index (Phi) is 7.51. The molecule has 2 fully saturated rings. The number of likely N-dealkylation sites (tertiary alicyclic amines) is 1. The molecule has 2 atom stereocenters. The number of esters is 1. The number of carbonyl (C=O) groups is 2. The molecule has 1 amide bonds. The van der Waals surface area contributed by atoms with Gasteiger partial charge in [0.15, 0.2) is 5.82 Å². The summed E-state index contributed by atoms with van der Waals surface area (Å²) in [5.41, 5.74) is -0.0120. The van der Waals surface area contributed by atoms with Crippen molar-refractivity contribution in [3.05, 3.63) is 40.9 Å². The third-order valence-corrected chi connectivity index (χ3v) is 6.12. The van der Waals surface area contributed by atoms with Gasteiger partial charge in [0.1, 0.15) is 18.0 Å². The summed E-state index contributed by atoms with van der Waals surface area (Å²) in [5.74, 6) is -2.06. The van der Waals surface area contributed by atoms with E-state index in [2.05, 4.69) is 20.0 Å². The normalized spacial score (nSPS) is 21.5. The van der Waals surface area contributed by atoms with Crippen molar-refractivity contribution in [2.75, 3.05) is 38.7 Å². The number of fused-ring (bicyclic) bond motifs is 2. The summed E-state index contributed by atoms with van der Waals surface area (Å²) in [7, 11) is 1.27. The highest BCUT2D eigenvalue weighted by Gasteiger charge is 2.44. The minimum absolute atomic E-state index is 0.139. The molecule has 194 valence electrons. The first-order valence-electron chi connectivity index (χ1n) is 11.4. The fraction of sp³-hybridized carbons (Fsp3) is 0.500. The Balaban J connectivity index is 1.48. The van der Waals surface area contributed by atoms with Gasteiger partial charge in [0.2, 0.25) is 5.82 Å². The van der Waals surface area contributed by atoms with E-state index in [1.807, 2.05) is 20.8 Å².